The molecular weight excluding hydrogens is 370 g/mol. The largest absolute Gasteiger partial charge is 0.365 e. The number of nitrogens with one attached hydrogen (secondary N) is 1. The summed E-state index contributed by atoms with van der Waals surface area (Å²) in [5.74, 6) is 4.91. The first-order valence-corrected chi connectivity index (χ1v) is 13.0. The van der Waals surface area contributed by atoms with E-state index in [2.05, 4.69) is 33.0 Å². The third-order valence-corrected chi connectivity index (χ3v) is 11.3. The Morgan fingerprint density at radius 1 is 1.10 bits per heavy atom. The number of allylic oxidation sites excluding steroid dienone is 1. The minimum absolute atomic E-state index is 0.0193. The lowest BCUT2D eigenvalue weighted by Crippen LogP contribution is -2.49. The predicted octanol–water partition coefficient (Wildman–Crippen LogP) is 5.29. The molecule has 6 aliphatic rings. The minimum atomic E-state index is -0.0193. The summed E-state index contributed by atoms with van der Waals surface area (Å²) in [6, 6.07) is 0.531. The highest BCUT2D eigenvalue weighted by atomic mass is 16.5. The van der Waals surface area contributed by atoms with Crippen molar-refractivity contribution in [1.82, 2.24) is 5.32 Å². The van der Waals surface area contributed by atoms with Crippen molar-refractivity contribution in [1.29, 1.82) is 0 Å². The van der Waals surface area contributed by atoms with Crippen molar-refractivity contribution < 1.29 is 9.53 Å². The molecule has 5 fully saturated rings. The second-order valence-corrected chi connectivity index (χ2v) is 12.4. The van der Waals surface area contributed by atoms with Gasteiger partial charge in [-0.2, -0.15) is 0 Å². The molecule has 0 aromatic rings. The fraction of sp³-hybridized carbons (Fsp3) is 0.889. The van der Waals surface area contributed by atoms with Gasteiger partial charge in [0.2, 0.25) is 0 Å². The van der Waals surface area contributed by atoms with E-state index in [0.29, 0.717) is 35.2 Å². The van der Waals surface area contributed by atoms with E-state index >= 15 is 0 Å². The van der Waals surface area contributed by atoms with Crippen molar-refractivity contribution >= 4 is 5.78 Å². The molecule has 4 aliphatic carbocycles. The zero-order valence-corrected chi connectivity index (χ0v) is 19.5. The van der Waals surface area contributed by atoms with Gasteiger partial charge in [-0.15, -0.1) is 0 Å². The van der Waals surface area contributed by atoms with Crippen LogP contribution in [-0.4, -0.2) is 30.1 Å². The molecule has 0 bridgehead atoms. The standard InChI is InChI=1S/C27H41NO2/c1-15-11-24-25(28-14-15)17(3)27(30-24)10-8-20-21-6-5-18-12-19(29)7-9-26(18,4)23(21)13-22(20)16(27)2/h15,17-18,20-21,23-25,28H,5-14H2,1-4H3/t15-,17+,18+,20-,21?,23-,24+,25-,26-,27-/m0/s1. The highest BCUT2D eigenvalue weighted by molar-refractivity contribution is 5.79. The van der Waals surface area contributed by atoms with E-state index in [-0.39, 0.29) is 5.60 Å². The lowest BCUT2D eigenvalue weighted by Gasteiger charge is -2.52. The summed E-state index contributed by atoms with van der Waals surface area (Å²) >= 11 is 0. The first-order chi connectivity index (χ1) is 14.3. The molecule has 1 spiro atoms. The van der Waals surface area contributed by atoms with Gasteiger partial charge in [0.05, 0.1) is 11.7 Å². The van der Waals surface area contributed by atoms with Gasteiger partial charge in [-0.1, -0.05) is 26.3 Å². The number of ketones is 1. The molecule has 3 saturated carbocycles. The maximum Gasteiger partial charge on any atom is 0.133 e. The van der Waals surface area contributed by atoms with Gasteiger partial charge in [0, 0.05) is 24.8 Å². The van der Waals surface area contributed by atoms with Crippen LogP contribution in [0.2, 0.25) is 0 Å². The summed E-state index contributed by atoms with van der Waals surface area (Å²) in [4.78, 5) is 12.2. The Hall–Kier alpha value is -0.670. The van der Waals surface area contributed by atoms with Gasteiger partial charge in [0.1, 0.15) is 5.78 Å². The molecule has 2 aliphatic heterocycles. The third-order valence-electron chi connectivity index (χ3n) is 11.3. The van der Waals surface area contributed by atoms with Crippen LogP contribution in [0.15, 0.2) is 11.1 Å². The molecule has 1 unspecified atom stereocenters. The van der Waals surface area contributed by atoms with Crippen LogP contribution in [0.25, 0.3) is 0 Å². The van der Waals surface area contributed by atoms with Crippen LogP contribution in [-0.2, 0) is 9.53 Å². The van der Waals surface area contributed by atoms with Gasteiger partial charge in [-0.3, -0.25) is 4.79 Å². The number of piperidine rings is 1. The van der Waals surface area contributed by atoms with E-state index in [0.717, 1.165) is 49.5 Å². The molecule has 0 aromatic heterocycles. The van der Waals surface area contributed by atoms with Crippen LogP contribution in [0.1, 0.15) is 85.5 Å². The molecule has 10 atom stereocenters. The topological polar surface area (TPSA) is 38.3 Å². The van der Waals surface area contributed by atoms with Crippen LogP contribution < -0.4 is 5.32 Å². The SMILES string of the molecule is CC1=C2C[C@H]3C(CC[C@@H]4CC(=O)CC[C@@]43C)[C@@H]2CC[C@]12O[C@@H]1C[C@H](C)CN[C@H]1[C@H]2C. The molecule has 30 heavy (non-hydrogen) atoms. The van der Waals surface area contributed by atoms with E-state index in [1.165, 1.54) is 38.5 Å². The molecule has 0 amide bonds. The number of rotatable bonds is 0. The summed E-state index contributed by atoms with van der Waals surface area (Å²) in [5, 5.41) is 3.85. The van der Waals surface area contributed by atoms with Gasteiger partial charge in [0.25, 0.3) is 0 Å². The summed E-state index contributed by atoms with van der Waals surface area (Å²) in [5.41, 5.74) is 3.78. The number of Topliss-reactive ketones (excluding diaryl/α,β-unsaturated/α-hetero) is 1. The van der Waals surface area contributed by atoms with Crippen LogP contribution >= 0.6 is 0 Å². The van der Waals surface area contributed by atoms with Crippen molar-refractivity contribution in [2.75, 3.05) is 6.54 Å². The van der Waals surface area contributed by atoms with E-state index in [9.17, 15) is 4.79 Å². The van der Waals surface area contributed by atoms with Gasteiger partial charge < -0.3 is 10.1 Å². The third kappa shape index (κ3) is 2.54. The monoisotopic (exact) mass is 411 g/mol. The van der Waals surface area contributed by atoms with E-state index in [1.807, 2.05) is 0 Å². The fourth-order valence-corrected chi connectivity index (χ4v) is 9.49. The number of carbonyl (C=O) groups is 1. The summed E-state index contributed by atoms with van der Waals surface area (Å²) in [7, 11) is 0. The van der Waals surface area contributed by atoms with E-state index < -0.39 is 0 Å². The minimum Gasteiger partial charge on any atom is -0.365 e. The average molecular weight is 412 g/mol. The molecule has 3 heteroatoms. The number of fused-ring (bicyclic) bond motifs is 6. The number of hydrogen-bond acceptors (Lipinski definition) is 3. The molecule has 2 heterocycles. The van der Waals surface area contributed by atoms with Gasteiger partial charge in [-0.25, -0.2) is 0 Å². The lowest BCUT2D eigenvalue weighted by atomic mass is 9.52. The summed E-state index contributed by atoms with van der Waals surface area (Å²) in [6.07, 6.45) is 10.9. The number of hydrogen-bond donors (Lipinski definition) is 1. The number of carbonyl (C=O) groups excluding carboxylic acids is 1. The van der Waals surface area contributed by atoms with E-state index in [1.54, 1.807) is 11.1 Å². The number of ether oxygens (including phenoxy) is 1. The zero-order chi connectivity index (χ0) is 20.8. The van der Waals surface area contributed by atoms with Crippen molar-refractivity contribution in [3.63, 3.8) is 0 Å². The Morgan fingerprint density at radius 2 is 1.93 bits per heavy atom. The summed E-state index contributed by atoms with van der Waals surface area (Å²) in [6.45, 7) is 11.0. The van der Waals surface area contributed by atoms with Crippen LogP contribution in [0.4, 0.5) is 0 Å². The summed E-state index contributed by atoms with van der Waals surface area (Å²) < 4.78 is 7.03. The van der Waals surface area contributed by atoms with E-state index in [4.69, 9.17) is 4.74 Å². The molecule has 0 aromatic carbocycles. The molecular formula is C27H41NO2. The maximum atomic E-state index is 12.2. The first kappa shape index (κ1) is 20.0. The Kier molecular flexibility index (Phi) is 4.44. The normalized spacial score (nSPS) is 55.3. The fourth-order valence-electron chi connectivity index (χ4n) is 9.49. The second-order valence-electron chi connectivity index (χ2n) is 12.4. The highest BCUT2D eigenvalue weighted by Crippen LogP contribution is 2.66. The molecule has 166 valence electrons. The second kappa shape index (κ2) is 6.67. The van der Waals surface area contributed by atoms with Crippen LogP contribution in [0.3, 0.4) is 0 Å². The average Bonchev–Trinajstić information content (AvgIpc) is 3.23. The molecule has 1 N–H and O–H groups in total. The molecule has 3 nitrogen and oxygen atoms in total. The maximum absolute atomic E-state index is 12.2. The molecule has 2 saturated heterocycles. The first-order valence-electron chi connectivity index (χ1n) is 13.0. The lowest BCUT2D eigenvalue weighted by molar-refractivity contribution is -0.129. The van der Waals surface area contributed by atoms with Crippen molar-refractivity contribution in [2.45, 2.75) is 103 Å². The van der Waals surface area contributed by atoms with Gasteiger partial charge in [-0.05, 0) is 99.0 Å². The van der Waals surface area contributed by atoms with Crippen molar-refractivity contribution in [2.24, 2.45) is 40.9 Å². The van der Waals surface area contributed by atoms with Crippen molar-refractivity contribution in [3.8, 4) is 0 Å². The smallest absolute Gasteiger partial charge is 0.133 e. The molecule has 6 rings (SSSR count). The van der Waals surface area contributed by atoms with Gasteiger partial charge in [0.15, 0.2) is 0 Å². The van der Waals surface area contributed by atoms with Crippen LogP contribution in [0, 0.1) is 40.9 Å². The Morgan fingerprint density at radius 3 is 2.77 bits per heavy atom. The Labute approximate surface area is 182 Å². The predicted molar refractivity (Wildman–Crippen MR) is 119 cm³/mol. The Bertz CT molecular complexity index is 788. The van der Waals surface area contributed by atoms with Gasteiger partial charge >= 0.3 is 0 Å². The van der Waals surface area contributed by atoms with Crippen molar-refractivity contribution in [3.05, 3.63) is 11.1 Å². The zero-order valence-electron chi connectivity index (χ0n) is 19.5. The quantitative estimate of drug-likeness (QED) is 0.551. The Balaban J connectivity index is 1.33. The highest BCUT2D eigenvalue weighted by Gasteiger charge is 2.61. The van der Waals surface area contributed by atoms with Crippen LogP contribution in [0.5, 0.6) is 0 Å². The molecule has 0 radical (unpaired) electrons.